The molecule has 0 saturated carbocycles. The third-order valence-corrected chi connectivity index (χ3v) is 4.59. The van der Waals surface area contributed by atoms with Crippen LogP contribution in [0.15, 0.2) is 24.5 Å². The van der Waals surface area contributed by atoms with Gasteiger partial charge < -0.3 is 4.98 Å². The molecule has 0 aliphatic heterocycles. The molecule has 2 heterocycles. The molecule has 0 aliphatic carbocycles. The number of aromatic nitrogens is 2. The van der Waals surface area contributed by atoms with E-state index in [0.717, 1.165) is 12.9 Å². The van der Waals surface area contributed by atoms with E-state index in [1.807, 2.05) is 12.3 Å². The summed E-state index contributed by atoms with van der Waals surface area (Å²) in [5.41, 5.74) is 3.05. The fourth-order valence-electron chi connectivity index (χ4n) is 2.04. The van der Waals surface area contributed by atoms with Crippen LogP contribution in [0, 0.1) is 10.8 Å². The first-order valence-electron chi connectivity index (χ1n) is 6.72. The van der Waals surface area contributed by atoms with Crippen molar-refractivity contribution in [1.29, 1.82) is 0 Å². The topological polar surface area (TPSA) is 28.7 Å². The van der Waals surface area contributed by atoms with Crippen molar-refractivity contribution in [2.75, 3.05) is 0 Å². The van der Waals surface area contributed by atoms with Gasteiger partial charge in [0.05, 0.1) is 0 Å². The Morgan fingerprint density at radius 2 is 1.94 bits per heavy atom. The van der Waals surface area contributed by atoms with Gasteiger partial charge in [-0.15, -0.1) is 0 Å². The van der Waals surface area contributed by atoms with Gasteiger partial charge in [-0.2, -0.15) is 0 Å². The molecule has 0 unspecified atom stereocenters. The van der Waals surface area contributed by atoms with Crippen molar-refractivity contribution in [3.8, 4) is 0 Å². The molecule has 18 heavy (non-hydrogen) atoms. The fraction of sp³-hybridized carbons (Fsp3) is 0.533. The van der Waals surface area contributed by atoms with Crippen LogP contribution < -0.4 is 5.46 Å². The van der Waals surface area contributed by atoms with Gasteiger partial charge in [-0.1, -0.05) is 52.5 Å². The predicted molar refractivity (Wildman–Crippen MR) is 80.9 cm³/mol. The number of hydrogen-bond acceptors (Lipinski definition) is 1. The zero-order valence-electron chi connectivity index (χ0n) is 12.2. The van der Waals surface area contributed by atoms with Gasteiger partial charge in [0.15, 0.2) is 7.28 Å². The first-order chi connectivity index (χ1) is 8.31. The molecule has 0 amide bonds. The van der Waals surface area contributed by atoms with E-state index in [1.165, 1.54) is 17.2 Å². The average Bonchev–Trinajstić information content (AvgIpc) is 2.68. The summed E-state index contributed by atoms with van der Waals surface area (Å²) in [5, 5.41) is 1.27. The van der Waals surface area contributed by atoms with Crippen LogP contribution in [0.5, 0.6) is 0 Å². The summed E-state index contributed by atoms with van der Waals surface area (Å²) in [4.78, 5) is 7.59. The van der Waals surface area contributed by atoms with Crippen molar-refractivity contribution < 1.29 is 0 Å². The van der Waals surface area contributed by atoms with Crippen LogP contribution in [0.25, 0.3) is 11.0 Å². The van der Waals surface area contributed by atoms with Crippen LogP contribution in [0.2, 0.25) is 6.32 Å². The number of pyridine rings is 1. The highest BCUT2D eigenvalue weighted by Crippen LogP contribution is 2.40. The summed E-state index contributed by atoms with van der Waals surface area (Å²) in [6, 6.07) is 4.16. The number of rotatable bonds is 3. The van der Waals surface area contributed by atoms with Gasteiger partial charge in [0.1, 0.15) is 5.65 Å². The van der Waals surface area contributed by atoms with Gasteiger partial charge in [0.25, 0.3) is 0 Å². The second-order valence-electron chi connectivity index (χ2n) is 6.85. The summed E-state index contributed by atoms with van der Waals surface area (Å²) in [6.07, 6.45) is 5.14. The lowest BCUT2D eigenvalue weighted by molar-refractivity contribution is 0.157. The standard InChI is InChI=1S/C15H23BN2/c1-14(2,3)15(4,5)10-16-12-9-18-13-11(12)7-6-8-17-13/h6-9,16H,10H2,1-5H3,(H,17,18). The maximum absolute atomic E-state index is 4.34. The van der Waals surface area contributed by atoms with Crippen LogP contribution in [0.4, 0.5) is 0 Å². The Hall–Kier alpha value is -1.25. The largest absolute Gasteiger partial charge is 0.347 e. The third-order valence-electron chi connectivity index (χ3n) is 4.59. The van der Waals surface area contributed by atoms with E-state index in [4.69, 9.17) is 0 Å². The van der Waals surface area contributed by atoms with Crippen molar-refractivity contribution in [2.24, 2.45) is 10.8 Å². The van der Waals surface area contributed by atoms with Crippen molar-refractivity contribution >= 4 is 23.8 Å². The first-order valence-corrected chi connectivity index (χ1v) is 6.72. The molecule has 0 radical (unpaired) electrons. The molecular weight excluding hydrogens is 219 g/mol. The summed E-state index contributed by atoms with van der Waals surface area (Å²) >= 11 is 0. The van der Waals surface area contributed by atoms with Crippen molar-refractivity contribution in [1.82, 2.24) is 9.97 Å². The molecule has 0 atom stereocenters. The summed E-state index contributed by atoms with van der Waals surface area (Å²) < 4.78 is 0. The highest BCUT2D eigenvalue weighted by atomic mass is 14.8. The predicted octanol–water partition coefficient (Wildman–Crippen LogP) is 3.12. The molecule has 0 aliphatic rings. The average molecular weight is 242 g/mol. The summed E-state index contributed by atoms with van der Waals surface area (Å²) in [6.45, 7) is 11.7. The number of nitrogens with zero attached hydrogens (tertiary/aromatic N) is 1. The molecule has 96 valence electrons. The molecule has 0 aromatic carbocycles. The van der Waals surface area contributed by atoms with Crippen molar-refractivity contribution in [2.45, 2.75) is 40.9 Å². The highest BCUT2D eigenvalue weighted by Gasteiger charge is 2.32. The van der Waals surface area contributed by atoms with E-state index < -0.39 is 0 Å². The molecule has 2 aromatic heterocycles. The number of hydrogen-bond donors (Lipinski definition) is 1. The first kappa shape index (κ1) is 13.2. The van der Waals surface area contributed by atoms with E-state index >= 15 is 0 Å². The zero-order chi connectivity index (χ0) is 13.4. The maximum atomic E-state index is 4.34. The quantitative estimate of drug-likeness (QED) is 0.823. The SMILES string of the molecule is CC(C)(C)C(C)(C)CBc1c[nH]c2ncccc12. The lowest BCUT2D eigenvalue weighted by Crippen LogP contribution is -2.32. The van der Waals surface area contributed by atoms with Gasteiger partial charge in [0, 0.05) is 11.6 Å². The fourth-order valence-corrected chi connectivity index (χ4v) is 2.04. The number of nitrogens with one attached hydrogen (secondary N) is 1. The lowest BCUT2D eigenvalue weighted by atomic mass is 9.53. The second-order valence-corrected chi connectivity index (χ2v) is 6.85. The molecule has 0 fully saturated rings. The molecule has 2 aromatic rings. The molecule has 0 bridgehead atoms. The number of H-pyrrole nitrogens is 1. The van der Waals surface area contributed by atoms with Gasteiger partial charge >= 0.3 is 0 Å². The van der Waals surface area contributed by atoms with Crippen LogP contribution >= 0.6 is 0 Å². The van der Waals surface area contributed by atoms with E-state index in [9.17, 15) is 0 Å². The Bertz CT molecular complexity index is 535. The van der Waals surface area contributed by atoms with E-state index in [1.54, 1.807) is 0 Å². The van der Waals surface area contributed by atoms with E-state index in [0.29, 0.717) is 10.8 Å². The van der Waals surface area contributed by atoms with E-state index in [-0.39, 0.29) is 0 Å². The molecule has 0 spiro atoms. The Morgan fingerprint density at radius 1 is 1.22 bits per heavy atom. The minimum atomic E-state index is 0.331. The second kappa shape index (κ2) is 4.45. The summed E-state index contributed by atoms with van der Waals surface area (Å²) in [7, 11) is 1.11. The van der Waals surface area contributed by atoms with Crippen LogP contribution in [-0.4, -0.2) is 17.2 Å². The minimum Gasteiger partial charge on any atom is -0.347 e. The van der Waals surface area contributed by atoms with Gasteiger partial charge in [-0.25, -0.2) is 4.98 Å². The van der Waals surface area contributed by atoms with Crippen LogP contribution in [0.1, 0.15) is 34.6 Å². The summed E-state index contributed by atoms with van der Waals surface area (Å²) in [5.74, 6) is 0. The highest BCUT2D eigenvalue weighted by molar-refractivity contribution is 6.57. The molecule has 3 heteroatoms. The van der Waals surface area contributed by atoms with Crippen molar-refractivity contribution in [3.05, 3.63) is 24.5 Å². The smallest absolute Gasteiger partial charge is 0.161 e. The van der Waals surface area contributed by atoms with Gasteiger partial charge in [-0.3, -0.25) is 0 Å². The monoisotopic (exact) mass is 242 g/mol. The lowest BCUT2D eigenvalue weighted by Gasteiger charge is -2.39. The van der Waals surface area contributed by atoms with Gasteiger partial charge in [0.2, 0.25) is 0 Å². The van der Waals surface area contributed by atoms with Gasteiger partial charge in [-0.05, 0) is 23.1 Å². The zero-order valence-corrected chi connectivity index (χ0v) is 12.2. The van der Waals surface area contributed by atoms with Crippen LogP contribution in [-0.2, 0) is 0 Å². The maximum Gasteiger partial charge on any atom is 0.161 e. The third kappa shape index (κ3) is 2.45. The molecule has 0 saturated heterocycles. The Morgan fingerprint density at radius 3 is 2.61 bits per heavy atom. The molecular formula is C15H23BN2. The molecule has 1 N–H and O–H groups in total. The van der Waals surface area contributed by atoms with E-state index in [2.05, 4.69) is 56.8 Å². The Labute approximate surface area is 110 Å². The normalized spacial score (nSPS) is 12.9. The number of aromatic amines is 1. The van der Waals surface area contributed by atoms with Crippen LogP contribution in [0.3, 0.4) is 0 Å². The minimum absolute atomic E-state index is 0.331. The van der Waals surface area contributed by atoms with Crippen molar-refractivity contribution in [3.63, 3.8) is 0 Å². The molecule has 2 rings (SSSR count). The Kier molecular flexibility index (Phi) is 3.26. The Balaban J connectivity index is 2.16. The molecule has 2 nitrogen and oxygen atoms in total. The number of fused-ring (bicyclic) bond motifs is 1.